The van der Waals surface area contributed by atoms with E-state index >= 15 is 0 Å². The van der Waals surface area contributed by atoms with Crippen molar-refractivity contribution in [2.75, 3.05) is 5.75 Å². The fourth-order valence-electron chi connectivity index (χ4n) is 2.77. The van der Waals surface area contributed by atoms with Crippen LogP contribution in [0.25, 0.3) is 0 Å². The summed E-state index contributed by atoms with van der Waals surface area (Å²) < 4.78 is 25.8. The first-order valence-electron chi connectivity index (χ1n) is 7.20. The third kappa shape index (κ3) is 3.61. The molecule has 21 heavy (non-hydrogen) atoms. The van der Waals surface area contributed by atoms with Crippen LogP contribution in [-0.2, 0) is 10.8 Å². The van der Waals surface area contributed by atoms with Gasteiger partial charge in [-0.3, -0.25) is 9.00 Å². The van der Waals surface area contributed by atoms with Crippen LogP contribution in [0.2, 0.25) is 0 Å². The fraction of sp³-hybridized carbons (Fsp3) is 0.533. The van der Waals surface area contributed by atoms with Crippen LogP contribution in [0.15, 0.2) is 18.2 Å². The molecule has 1 aliphatic rings. The van der Waals surface area contributed by atoms with Crippen molar-refractivity contribution in [1.29, 1.82) is 0 Å². The lowest BCUT2D eigenvalue weighted by atomic mass is 9.94. The second kappa shape index (κ2) is 7.02. The fourth-order valence-corrected chi connectivity index (χ4v) is 4.20. The van der Waals surface area contributed by atoms with Gasteiger partial charge in [-0.2, -0.15) is 0 Å². The van der Waals surface area contributed by atoms with Crippen molar-refractivity contribution >= 4 is 16.7 Å². The maximum Gasteiger partial charge on any atom is 0.258 e. The predicted octanol–water partition coefficient (Wildman–Crippen LogP) is 2.34. The van der Waals surface area contributed by atoms with Crippen molar-refractivity contribution in [3.8, 4) is 5.75 Å². The number of rotatable bonds is 4. The van der Waals surface area contributed by atoms with E-state index in [1.165, 1.54) is 12.1 Å². The van der Waals surface area contributed by atoms with Gasteiger partial charge < -0.3 is 10.4 Å². The molecule has 1 saturated carbocycles. The van der Waals surface area contributed by atoms with Gasteiger partial charge in [0.25, 0.3) is 5.91 Å². The molecule has 2 rings (SSSR count). The van der Waals surface area contributed by atoms with Crippen molar-refractivity contribution in [2.24, 2.45) is 0 Å². The lowest BCUT2D eigenvalue weighted by Crippen LogP contribution is -2.47. The molecular weight excluding hydrogens is 293 g/mol. The molecule has 1 aromatic rings. The Morgan fingerprint density at radius 2 is 2.14 bits per heavy atom. The normalized spacial score (nSPS) is 23.5. The number of carbonyl (C=O) groups is 1. The molecule has 1 aliphatic carbocycles. The zero-order valence-electron chi connectivity index (χ0n) is 12.0. The van der Waals surface area contributed by atoms with Gasteiger partial charge >= 0.3 is 0 Å². The van der Waals surface area contributed by atoms with Crippen LogP contribution in [0.4, 0.5) is 4.39 Å². The summed E-state index contributed by atoms with van der Waals surface area (Å²) in [6, 6.07) is 3.53. The maximum atomic E-state index is 13.7. The van der Waals surface area contributed by atoms with E-state index in [4.69, 9.17) is 0 Å². The van der Waals surface area contributed by atoms with Gasteiger partial charge in [0, 0.05) is 22.6 Å². The number of hydrogen-bond donors (Lipinski definition) is 2. The molecule has 0 aromatic heterocycles. The molecule has 1 amide bonds. The highest BCUT2D eigenvalue weighted by molar-refractivity contribution is 7.85. The van der Waals surface area contributed by atoms with Crippen LogP contribution in [0.3, 0.4) is 0 Å². The molecule has 0 bridgehead atoms. The number of phenolic OH excluding ortho intramolecular Hbond substituents is 1. The molecule has 0 unspecified atom stereocenters. The molecular formula is C15H20FNO3S. The van der Waals surface area contributed by atoms with Crippen LogP contribution < -0.4 is 5.32 Å². The van der Waals surface area contributed by atoms with Crippen LogP contribution in [0, 0.1) is 5.82 Å². The summed E-state index contributed by atoms with van der Waals surface area (Å²) in [6.07, 6.45) is 3.48. The smallest absolute Gasteiger partial charge is 0.258 e. The number of amides is 1. The van der Waals surface area contributed by atoms with Crippen molar-refractivity contribution in [3.63, 3.8) is 0 Å². The van der Waals surface area contributed by atoms with Gasteiger partial charge in [-0.15, -0.1) is 0 Å². The third-order valence-corrected chi connectivity index (χ3v) is 5.67. The maximum absolute atomic E-state index is 13.7. The number of carbonyl (C=O) groups excluding carboxylic acids is 1. The number of phenols is 1. The van der Waals surface area contributed by atoms with E-state index in [0.29, 0.717) is 5.75 Å². The van der Waals surface area contributed by atoms with Gasteiger partial charge in [-0.25, -0.2) is 4.39 Å². The summed E-state index contributed by atoms with van der Waals surface area (Å²) in [4.78, 5) is 12.2. The monoisotopic (exact) mass is 313 g/mol. The van der Waals surface area contributed by atoms with Gasteiger partial charge in [0.1, 0.15) is 17.1 Å². The molecule has 116 valence electrons. The summed E-state index contributed by atoms with van der Waals surface area (Å²) in [7, 11) is -0.998. The van der Waals surface area contributed by atoms with E-state index in [2.05, 4.69) is 5.32 Å². The molecule has 3 atom stereocenters. The summed E-state index contributed by atoms with van der Waals surface area (Å²) >= 11 is 0. The standard InChI is InChI=1S/C15H20FNO3S/c1-2-21(20)13-9-4-3-7-11(13)17-15(19)14-10(16)6-5-8-12(14)18/h5-6,8,11,13,18H,2-4,7,9H2,1H3,(H,17,19)/t11-,13-,21+/m1/s1. The summed E-state index contributed by atoms with van der Waals surface area (Å²) in [5, 5.41) is 12.3. The highest BCUT2D eigenvalue weighted by atomic mass is 32.2. The molecule has 1 aromatic carbocycles. The van der Waals surface area contributed by atoms with Gasteiger partial charge in [0.05, 0.1) is 5.25 Å². The first-order chi connectivity index (χ1) is 10.0. The summed E-state index contributed by atoms with van der Waals surface area (Å²) in [5.74, 6) is -1.23. The van der Waals surface area contributed by atoms with Crippen LogP contribution in [0.1, 0.15) is 43.0 Å². The van der Waals surface area contributed by atoms with Crippen molar-refractivity contribution in [1.82, 2.24) is 5.32 Å². The lowest BCUT2D eigenvalue weighted by molar-refractivity contribution is 0.0922. The Labute approximate surface area is 126 Å². The minimum absolute atomic E-state index is 0.0957. The van der Waals surface area contributed by atoms with Crippen LogP contribution in [0.5, 0.6) is 5.75 Å². The first kappa shape index (κ1) is 15.9. The zero-order chi connectivity index (χ0) is 15.4. The van der Waals surface area contributed by atoms with Crippen LogP contribution >= 0.6 is 0 Å². The van der Waals surface area contributed by atoms with E-state index in [-0.39, 0.29) is 22.6 Å². The minimum Gasteiger partial charge on any atom is -0.507 e. The Hall–Kier alpha value is -1.43. The number of halogens is 1. The highest BCUT2D eigenvalue weighted by Gasteiger charge is 2.31. The Morgan fingerprint density at radius 3 is 2.81 bits per heavy atom. The van der Waals surface area contributed by atoms with Crippen molar-refractivity contribution in [2.45, 2.75) is 43.9 Å². The number of nitrogens with one attached hydrogen (secondary N) is 1. The van der Waals surface area contributed by atoms with E-state index in [0.717, 1.165) is 31.7 Å². The zero-order valence-corrected chi connectivity index (χ0v) is 12.8. The molecule has 4 nitrogen and oxygen atoms in total. The van der Waals surface area contributed by atoms with E-state index in [9.17, 15) is 18.5 Å². The molecule has 2 N–H and O–H groups in total. The van der Waals surface area contributed by atoms with Gasteiger partial charge in [-0.1, -0.05) is 25.8 Å². The second-order valence-electron chi connectivity index (χ2n) is 5.21. The largest absolute Gasteiger partial charge is 0.507 e. The second-order valence-corrected chi connectivity index (χ2v) is 7.15. The minimum atomic E-state index is -0.998. The SMILES string of the molecule is CC[S@](=O)[C@@H]1CCCC[C@H]1NC(=O)c1c(O)cccc1F. The number of aromatic hydroxyl groups is 1. The van der Waals surface area contributed by atoms with Gasteiger partial charge in [0.2, 0.25) is 0 Å². The first-order valence-corrected chi connectivity index (χ1v) is 8.58. The van der Waals surface area contributed by atoms with Crippen molar-refractivity contribution in [3.05, 3.63) is 29.6 Å². The average Bonchev–Trinajstić information content (AvgIpc) is 2.47. The Balaban J connectivity index is 2.15. The van der Waals surface area contributed by atoms with Gasteiger partial charge in [0.15, 0.2) is 0 Å². The Kier molecular flexibility index (Phi) is 5.33. The molecule has 0 aliphatic heterocycles. The predicted molar refractivity (Wildman–Crippen MR) is 80.3 cm³/mol. The van der Waals surface area contributed by atoms with E-state index in [1.54, 1.807) is 0 Å². The molecule has 1 fully saturated rings. The van der Waals surface area contributed by atoms with E-state index < -0.39 is 22.5 Å². The molecule has 0 heterocycles. The molecule has 0 saturated heterocycles. The van der Waals surface area contributed by atoms with E-state index in [1.807, 2.05) is 6.92 Å². The number of hydrogen-bond acceptors (Lipinski definition) is 3. The topological polar surface area (TPSA) is 66.4 Å². The number of benzene rings is 1. The molecule has 0 spiro atoms. The molecule has 0 radical (unpaired) electrons. The molecule has 6 heteroatoms. The summed E-state index contributed by atoms with van der Waals surface area (Å²) in [6.45, 7) is 1.85. The Bertz CT molecular complexity index is 529. The lowest BCUT2D eigenvalue weighted by Gasteiger charge is -2.31. The van der Waals surface area contributed by atoms with Crippen LogP contribution in [-0.4, -0.2) is 32.3 Å². The third-order valence-electron chi connectivity index (χ3n) is 3.86. The summed E-state index contributed by atoms with van der Waals surface area (Å²) in [5.41, 5.74) is -0.343. The Morgan fingerprint density at radius 1 is 1.43 bits per heavy atom. The highest BCUT2D eigenvalue weighted by Crippen LogP contribution is 2.25. The van der Waals surface area contributed by atoms with Crippen molar-refractivity contribution < 1.29 is 18.5 Å². The average molecular weight is 313 g/mol. The quantitative estimate of drug-likeness (QED) is 0.896. The van der Waals surface area contributed by atoms with Gasteiger partial charge in [-0.05, 0) is 25.0 Å².